The number of aromatic amines is 1. The Hall–Kier alpha value is -3.61. The van der Waals surface area contributed by atoms with Crippen LogP contribution in [0.15, 0.2) is 54.6 Å². The lowest BCUT2D eigenvalue weighted by molar-refractivity contribution is 0.0218. The Morgan fingerprint density at radius 1 is 1.09 bits per heavy atom. The Morgan fingerprint density at radius 3 is 2.47 bits per heavy atom. The van der Waals surface area contributed by atoms with Crippen molar-refractivity contribution in [3.05, 3.63) is 77.2 Å². The molecule has 178 valence electrons. The molecule has 0 spiro atoms. The molecule has 1 saturated heterocycles. The molecule has 1 aliphatic heterocycles. The molecule has 7 heteroatoms. The van der Waals surface area contributed by atoms with E-state index in [4.69, 9.17) is 9.47 Å². The van der Waals surface area contributed by atoms with E-state index in [1.54, 1.807) is 4.90 Å². The number of amides is 1. The highest BCUT2D eigenvalue weighted by atomic mass is 16.6. The van der Waals surface area contributed by atoms with Crippen LogP contribution >= 0.6 is 0 Å². The van der Waals surface area contributed by atoms with Gasteiger partial charge in [-0.15, -0.1) is 0 Å². The molecular formula is C27H31N3O4. The number of hydrogen-bond acceptors (Lipinski definition) is 5. The summed E-state index contributed by atoms with van der Waals surface area (Å²) in [5.74, 6) is 0.0503. The van der Waals surface area contributed by atoms with Crippen molar-refractivity contribution in [3.8, 4) is 11.3 Å². The first-order valence-corrected chi connectivity index (χ1v) is 11.6. The number of aromatic nitrogens is 2. The summed E-state index contributed by atoms with van der Waals surface area (Å²) in [6.45, 7) is 8.28. The Morgan fingerprint density at radius 2 is 1.79 bits per heavy atom. The van der Waals surface area contributed by atoms with Crippen molar-refractivity contribution in [2.45, 2.75) is 58.8 Å². The molecule has 0 unspecified atom stereocenters. The van der Waals surface area contributed by atoms with Crippen molar-refractivity contribution < 1.29 is 19.1 Å². The average molecular weight is 462 g/mol. The second-order valence-electron chi connectivity index (χ2n) is 9.61. The minimum atomic E-state index is -0.590. The van der Waals surface area contributed by atoms with Gasteiger partial charge in [0.1, 0.15) is 18.0 Å². The molecule has 2 aromatic carbocycles. The predicted octanol–water partition coefficient (Wildman–Crippen LogP) is 5.81. The number of carbonyl (C=O) groups is 2. The second-order valence-corrected chi connectivity index (χ2v) is 9.61. The van der Waals surface area contributed by atoms with Gasteiger partial charge in [0.05, 0.1) is 11.7 Å². The summed E-state index contributed by atoms with van der Waals surface area (Å²) >= 11 is 0. The van der Waals surface area contributed by atoms with E-state index in [1.165, 1.54) is 0 Å². The first-order valence-electron chi connectivity index (χ1n) is 11.6. The molecular weight excluding hydrogens is 430 g/mol. The van der Waals surface area contributed by atoms with Crippen molar-refractivity contribution in [3.63, 3.8) is 0 Å². The smallest absolute Gasteiger partial charge is 0.410 e. The molecule has 1 aromatic heterocycles. The van der Waals surface area contributed by atoms with Gasteiger partial charge in [-0.05, 0) is 46.1 Å². The molecule has 0 bridgehead atoms. The SMILES string of the molecule is Cc1ccc(-c2[nH]c([C@@H]3CCCN3C(=O)OC(C)(C)C)nc2C(=O)OCc2ccccc2)cc1. The molecule has 1 N–H and O–H groups in total. The van der Waals surface area contributed by atoms with E-state index in [1.807, 2.05) is 82.3 Å². The van der Waals surface area contributed by atoms with Crippen LogP contribution < -0.4 is 0 Å². The third-order valence-corrected chi connectivity index (χ3v) is 5.66. The van der Waals surface area contributed by atoms with Crippen molar-refractivity contribution in [1.29, 1.82) is 0 Å². The fourth-order valence-electron chi connectivity index (χ4n) is 4.01. The van der Waals surface area contributed by atoms with Crippen LogP contribution in [0.3, 0.4) is 0 Å². The van der Waals surface area contributed by atoms with E-state index in [9.17, 15) is 9.59 Å². The molecule has 0 radical (unpaired) electrons. The van der Waals surface area contributed by atoms with E-state index in [0.717, 1.165) is 29.5 Å². The topological polar surface area (TPSA) is 84.5 Å². The van der Waals surface area contributed by atoms with Crippen molar-refractivity contribution in [2.24, 2.45) is 0 Å². The second kappa shape index (κ2) is 9.71. The van der Waals surface area contributed by atoms with Gasteiger partial charge in [0.25, 0.3) is 0 Å². The minimum absolute atomic E-state index is 0.155. The summed E-state index contributed by atoms with van der Waals surface area (Å²) in [7, 11) is 0. The maximum Gasteiger partial charge on any atom is 0.410 e. The standard InChI is InChI=1S/C27H31N3O4/c1-18-12-14-20(15-13-18)22-23(25(31)33-17-19-9-6-5-7-10-19)29-24(28-22)21-11-8-16-30(21)26(32)34-27(2,3)4/h5-7,9-10,12-15,21H,8,11,16-17H2,1-4H3,(H,28,29)/t21-/m0/s1. The Balaban J connectivity index is 1.64. The quantitative estimate of drug-likeness (QED) is 0.485. The number of hydrogen-bond donors (Lipinski definition) is 1. The van der Waals surface area contributed by atoms with Crippen LogP contribution in [0.5, 0.6) is 0 Å². The lowest BCUT2D eigenvalue weighted by Crippen LogP contribution is -2.36. The molecule has 34 heavy (non-hydrogen) atoms. The summed E-state index contributed by atoms with van der Waals surface area (Å²) in [6.07, 6.45) is 1.19. The molecule has 0 saturated carbocycles. The van der Waals surface area contributed by atoms with E-state index in [2.05, 4.69) is 9.97 Å². The van der Waals surface area contributed by atoms with Gasteiger partial charge in [-0.25, -0.2) is 14.6 Å². The summed E-state index contributed by atoms with van der Waals surface area (Å²) in [6, 6.07) is 17.1. The van der Waals surface area contributed by atoms with Gasteiger partial charge in [0.2, 0.25) is 0 Å². The Bertz CT molecular complexity index is 1150. The normalized spacial score (nSPS) is 15.9. The highest BCUT2D eigenvalue weighted by molar-refractivity contribution is 5.94. The molecule has 1 aliphatic rings. The summed E-state index contributed by atoms with van der Waals surface area (Å²) in [5.41, 5.74) is 3.05. The minimum Gasteiger partial charge on any atom is -0.456 e. The summed E-state index contributed by atoms with van der Waals surface area (Å²) < 4.78 is 11.2. The molecule has 4 rings (SSSR count). The number of imidazole rings is 1. The zero-order chi connectivity index (χ0) is 24.3. The lowest BCUT2D eigenvalue weighted by atomic mass is 10.1. The fraction of sp³-hybridized carbons (Fsp3) is 0.370. The first-order chi connectivity index (χ1) is 16.2. The van der Waals surface area contributed by atoms with Gasteiger partial charge >= 0.3 is 12.1 Å². The van der Waals surface area contributed by atoms with E-state index >= 15 is 0 Å². The number of aryl methyl sites for hydroxylation is 1. The monoisotopic (exact) mass is 461 g/mol. The largest absolute Gasteiger partial charge is 0.456 e. The Labute approximate surface area is 200 Å². The number of carbonyl (C=O) groups excluding carboxylic acids is 2. The molecule has 1 amide bonds. The van der Waals surface area contributed by atoms with Gasteiger partial charge < -0.3 is 14.5 Å². The molecule has 0 aliphatic carbocycles. The van der Waals surface area contributed by atoms with Crippen LogP contribution in [0, 0.1) is 6.92 Å². The molecule has 1 fully saturated rings. The first kappa shape index (κ1) is 23.5. The van der Waals surface area contributed by atoms with Crippen LogP contribution in [-0.2, 0) is 16.1 Å². The average Bonchev–Trinajstić information content (AvgIpc) is 3.45. The highest BCUT2D eigenvalue weighted by Crippen LogP contribution is 2.34. The predicted molar refractivity (Wildman–Crippen MR) is 129 cm³/mol. The number of nitrogens with one attached hydrogen (secondary N) is 1. The van der Waals surface area contributed by atoms with E-state index < -0.39 is 11.6 Å². The highest BCUT2D eigenvalue weighted by Gasteiger charge is 2.36. The number of benzene rings is 2. The maximum absolute atomic E-state index is 13.1. The zero-order valence-electron chi connectivity index (χ0n) is 20.1. The molecule has 2 heterocycles. The van der Waals surface area contributed by atoms with Crippen molar-refractivity contribution in [2.75, 3.05) is 6.54 Å². The van der Waals surface area contributed by atoms with E-state index in [-0.39, 0.29) is 24.4 Å². The number of ether oxygens (including phenoxy) is 2. The molecule has 7 nitrogen and oxygen atoms in total. The maximum atomic E-state index is 13.1. The van der Waals surface area contributed by atoms with Gasteiger partial charge in [-0.1, -0.05) is 60.2 Å². The number of esters is 1. The summed E-state index contributed by atoms with van der Waals surface area (Å²) in [5, 5.41) is 0. The summed E-state index contributed by atoms with van der Waals surface area (Å²) in [4.78, 5) is 35.6. The Kier molecular flexibility index (Phi) is 6.72. The van der Waals surface area contributed by atoms with Crippen molar-refractivity contribution in [1.82, 2.24) is 14.9 Å². The van der Waals surface area contributed by atoms with Gasteiger partial charge in [-0.2, -0.15) is 0 Å². The van der Waals surface area contributed by atoms with Crippen LogP contribution in [0.25, 0.3) is 11.3 Å². The van der Waals surface area contributed by atoms with E-state index in [0.29, 0.717) is 18.1 Å². The molecule has 1 atom stereocenters. The van der Waals surface area contributed by atoms with Crippen molar-refractivity contribution >= 4 is 12.1 Å². The number of rotatable bonds is 5. The fourth-order valence-corrected chi connectivity index (χ4v) is 4.01. The zero-order valence-corrected chi connectivity index (χ0v) is 20.1. The number of H-pyrrole nitrogens is 1. The number of likely N-dealkylation sites (tertiary alicyclic amines) is 1. The van der Waals surface area contributed by atoms with Crippen LogP contribution in [0.1, 0.15) is 67.1 Å². The van der Waals surface area contributed by atoms with Gasteiger partial charge in [0, 0.05) is 12.1 Å². The van der Waals surface area contributed by atoms with Crippen LogP contribution in [-0.4, -0.2) is 39.1 Å². The third kappa shape index (κ3) is 5.47. The van der Waals surface area contributed by atoms with Crippen LogP contribution in [0.2, 0.25) is 0 Å². The van der Waals surface area contributed by atoms with Crippen LogP contribution in [0.4, 0.5) is 4.79 Å². The lowest BCUT2D eigenvalue weighted by Gasteiger charge is -2.27. The van der Waals surface area contributed by atoms with Gasteiger partial charge in [0.15, 0.2) is 5.69 Å². The van der Waals surface area contributed by atoms with Gasteiger partial charge in [-0.3, -0.25) is 4.90 Å². The third-order valence-electron chi connectivity index (χ3n) is 5.66. The number of nitrogens with zero attached hydrogens (tertiary/aromatic N) is 2. The molecule has 3 aromatic rings.